The van der Waals surface area contributed by atoms with E-state index in [9.17, 15) is 24.0 Å². The second-order valence-electron chi connectivity index (χ2n) is 11.9. The number of esters is 1. The van der Waals surface area contributed by atoms with Crippen LogP contribution in [0.1, 0.15) is 97.5 Å². The van der Waals surface area contributed by atoms with Crippen molar-refractivity contribution >= 4 is 40.4 Å². The Labute approximate surface area is 287 Å². The van der Waals surface area contributed by atoms with E-state index in [0.29, 0.717) is 18.7 Å². The van der Waals surface area contributed by atoms with Crippen molar-refractivity contribution in [1.82, 2.24) is 25.4 Å². The zero-order valence-electron chi connectivity index (χ0n) is 30.1. The fourth-order valence-electron chi connectivity index (χ4n) is 4.99. The number of piperidine rings is 1. The Morgan fingerprint density at radius 3 is 2.17 bits per heavy atom. The normalized spacial score (nSPS) is 16.4. The molecule has 1 aromatic carbocycles. The van der Waals surface area contributed by atoms with Crippen LogP contribution in [-0.4, -0.2) is 78.3 Å². The Kier molecular flexibility index (Phi) is 21.0. The molecule has 3 amide bonds. The van der Waals surface area contributed by atoms with Crippen LogP contribution in [0.25, 0.3) is 10.9 Å². The van der Waals surface area contributed by atoms with Gasteiger partial charge in [0.2, 0.25) is 17.7 Å². The number of carbonyl (C=O) groups excluding carboxylic acids is 5. The second-order valence-corrected chi connectivity index (χ2v) is 11.9. The number of para-hydroxylation sites is 1. The summed E-state index contributed by atoms with van der Waals surface area (Å²) < 4.78 is 6.57. The third-order valence-electron chi connectivity index (χ3n) is 8.04. The summed E-state index contributed by atoms with van der Waals surface area (Å²) >= 11 is 0. The van der Waals surface area contributed by atoms with Gasteiger partial charge in [-0.15, -0.1) is 0 Å². The molecule has 0 spiro atoms. The lowest BCUT2D eigenvalue weighted by Crippen LogP contribution is -2.53. The summed E-state index contributed by atoms with van der Waals surface area (Å²) in [6.45, 7) is 15.5. The number of aryl methyl sites for hydroxylation is 1. The highest BCUT2D eigenvalue weighted by atomic mass is 16.5. The van der Waals surface area contributed by atoms with Crippen LogP contribution in [0.4, 0.5) is 0 Å². The summed E-state index contributed by atoms with van der Waals surface area (Å²) in [5, 5.41) is 8.94. The molecule has 48 heavy (non-hydrogen) atoms. The first-order chi connectivity index (χ1) is 23.0. The summed E-state index contributed by atoms with van der Waals surface area (Å²) in [5.41, 5.74) is 2.97. The minimum Gasteiger partial charge on any atom is -0.468 e. The smallest absolute Gasteiger partial charge is 0.325 e. The number of carbonyl (C=O) groups is 5. The van der Waals surface area contributed by atoms with Gasteiger partial charge in [-0.3, -0.25) is 24.0 Å². The molecule has 2 aliphatic heterocycles. The molecule has 268 valence electrons. The van der Waals surface area contributed by atoms with Gasteiger partial charge in [-0.1, -0.05) is 78.2 Å². The lowest BCUT2D eigenvalue weighted by molar-refractivity contribution is -0.141. The largest absolute Gasteiger partial charge is 0.468 e. The number of methoxy groups -OCH3 is 1. The van der Waals surface area contributed by atoms with Gasteiger partial charge in [0, 0.05) is 42.2 Å². The van der Waals surface area contributed by atoms with Crippen LogP contribution in [0.5, 0.6) is 0 Å². The van der Waals surface area contributed by atoms with Crippen molar-refractivity contribution in [2.45, 2.75) is 111 Å². The quantitative estimate of drug-likeness (QED) is 0.260. The minimum atomic E-state index is -0.366. The van der Waals surface area contributed by atoms with Crippen LogP contribution < -0.4 is 16.0 Å². The van der Waals surface area contributed by atoms with E-state index in [-0.39, 0.29) is 49.4 Å². The Morgan fingerprint density at radius 1 is 0.896 bits per heavy atom. The van der Waals surface area contributed by atoms with Gasteiger partial charge in [0.05, 0.1) is 26.7 Å². The Bertz CT molecular complexity index is 1280. The summed E-state index contributed by atoms with van der Waals surface area (Å²) in [7, 11) is 1.40. The molecule has 3 N–H and O–H groups in total. The highest BCUT2D eigenvalue weighted by Crippen LogP contribution is 2.21. The maximum atomic E-state index is 12.2. The zero-order chi connectivity index (χ0) is 35.9. The number of amides is 3. The number of ketones is 1. The van der Waals surface area contributed by atoms with E-state index in [2.05, 4.69) is 54.1 Å². The number of rotatable bonds is 8. The first-order valence-electron chi connectivity index (χ1n) is 17.4. The van der Waals surface area contributed by atoms with Crippen LogP contribution in [0.2, 0.25) is 0 Å². The molecule has 1 atom stereocenters. The summed E-state index contributed by atoms with van der Waals surface area (Å²) in [6, 6.07) is 7.72. The van der Waals surface area contributed by atoms with Gasteiger partial charge >= 0.3 is 5.97 Å². The molecule has 2 saturated heterocycles. The number of hydrogen-bond acceptors (Lipinski definition) is 7. The number of fused-ring (bicyclic) bond motifs is 2. The number of hydrogen-bond donors (Lipinski definition) is 3. The van der Waals surface area contributed by atoms with E-state index in [1.54, 1.807) is 0 Å². The van der Waals surface area contributed by atoms with Gasteiger partial charge in [0.15, 0.2) is 0 Å². The van der Waals surface area contributed by atoms with E-state index in [1.165, 1.54) is 43.7 Å². The Hall–Kier alpha value is -4.15. The molecule has 0 saturated carbocycles. The molecule has 0 bridgehead atoms. The van der Waals surface area contributed by atoms with Crippen LogP contribution in [-0.2, 0) is 35.3 Å². The first-order valence-corrected chi connectivity index (χ1v) is 17.4. The van der Waals surface area contributed by atoms with Crippen LogP contribution in [0.15, 0.2) is 42.7 Å². The van der Waals surface area contributed by atoms with Gasteiger partial charge in [-0.25, -0.2) is 0 Å². The second kappa shape index (κ2) is 24.1. The lowest BCUT2D eigenvalue weighted by atomic mass is 10.0. The molecule has 1 aromatic heterocycles. The molecule has 11 nitrogen and oxygen atoms in total. The van der Waals surface area contributed by atoms with E-state index < -0.39 is 0 Å². The van der Waals surface area contributed by atoms with Gasteiger partial charge in [-0.2, -0.15) is 0 Å². The van der Waals surface area contributed by atoms with Crippen molar-refractivity contribution in [1.29, 1.82) is 0 Å². The number of Topliss-reactive ketones (excluding diaryl/α,β-unsaturated/α-hetero) is 1. The van der Waals surface area contributed by atoms with Gasteiger partial charge < -0.3 is 30.2 Å². The Morgan fingerprint density at radius 2 is 1.54 bits per heavy atom. The van der Waals surface area contributed by atoms with Crippen molar-refractivity contribution in [3.8, 4) is 0 Å². The fourth-order valence-corrected chi connectivity index (χ4v) is 4.99. The van der Waals surface area contributed by atoms with Crippen LogP contribution >= 0.6 is 0 Å². The molecule has 2 aromatic rings. The monoisotopic (exact) mass is 669 g/mol. The van der Waals surface area contributed by atoms with Crippen LogP contribution in [0, 0.1) is 6.92 Å². The summed E-state index contributed by atoms with van der Waals surface area (Å²) in [6.07, 6.45) is 12.3. The predicted octanol–water partition coefficient (Wildman–Crippen LogP) is 5.19. The van der Waals surface area contributed by atoms with Crippen LogP contribution in [0.3, 0.4) is 0 Å². The molecular weight excluding hydrogens is 610 g/mol. The topological polar surface area (TPSA) is 139 Å². The van der Waals surface area contributed by atoms with Crippen molar-refractivity contribution in [2.24, 2.45) is 0 Å². The Balaban J connectivity index is 0.000000362. The van der Waals surface area contributed by atoms with Gasteiger partial charge in [-0.05, 0) is 44.2 Å². The van der Waals surface area contributed by atoms with E-state index >= 15 is 0 Å². The molecular formula is C37H59N5O6. The van der Waals surface area contributed by atoms with Gasteiger partial charge in [0.1, 0.15) is 18.4 Å². The first kappa shape index (κ1) is 41.9. The molecule has 2 fully saturated rings. The molecule has 1 unspecified atom stereocenters. The molecule has 3 heterocycles. The third-order valence-corrected chi connectivity index (χ3v) is 8.04. The van der Waals surface area contributed by atoms with E-state index in [4.69, 9.17) is 0 Å². The summed E-state index contributed by atoms with van der Waals surface area (Å²) in [4.78, 5) is 59.0. The highest BCUT2D eigenvalue weighted by Gasteiger charge is 2.30. The molecule has 4 rings (SSSR count). The number of nitrogens with zero attached hydrogens (tertiary/aromatic N) is 2. The molecule has 0 aliphatic carbocycles. The number of benzene rings is 1. The van der Waals surface area contributed by atoms with Crippen molar-refractivity contribution < 1.29 is 28.7 Å². The van der Waals surface area contributed by atoms with Crippen molar-refractivity contribution in [3.63, 3.8) is 0 Å². The molecule has 0 radical (unpaired) electrons. The van der Waals surface area contributed by atoms with Crippen molar-refractivity contribution in [2.75, 3.05) is 33.3 Å². The number of aromatic nitrogens is 1. The average molecular weight is 670 g/mol. The standard InChI is InChI=1S/C13H20N4O3.C12H13NO2.C8H16O.C4H10/c1-9-6-14-11(18)7-15-12(19)8-16-13(20)10-4-2-3-5-17(9)10;1-9-7-13(8-12(14)15-2)11-6-4-3-5-10(9)11;1-3-5-6-7-8(9)4-2;1-3-4-2/h10H,1-8H2,(H,14,18)(H,15,19)(H,16,20);3-7H,8H2,1-2H3;3-7H2,1-2H3;3-4H2,1-2H3. The lowest BCUT2D eigenvalue weighted by Gasteiger charge is -2.37. The maximum Gasteiger partial charge on any atom is 0.325 e. The zero-order valence-corrected chi connectivity index (χ0v) is 30.1. The minimum absolute atomic E-state index is 0.0919. The van der Waals surface area contributed by atoms with E-state index in [1.807, 2.05) is 47.7 Å². The third kappa shape index (κ3) is 15.6. The van der Waals surface area contributed by atoms with Gasteiger partial charge in [0.25, 0.3) is 0 Å². The van der Waals surface area contributed by atoms with Crippen molar-refractivity contribution in [3.05, 3.63) is 48.3 Å². The number of unbranched alkanes of at least 4 members (excludes halogenated alkanes) is 3. The molecule has 2 aliphatic rings. The number of ether oxygens (including phenoxy) is 1. The van der Waals surface area contributed by atoms with E-state index in [0.717, 1.165) is 49.9 Å². The summed E-state index contributed by atoms with van der Waals surface area (Å²) in [5.74, 6) is -0.609. The number of nitrogens with one attached hydrogen (secondary N) is 3. The molecule has 11 heteroatoms. The predicted molar refractivity (Wildman–Crippen MR) is 191 cm³/mol. The average Bonchev–Trinajstić information content (AvgIpc) is 3.43. The fraction of sp³-hybridized carbons (Fsp3) is 0.595. The maximum absolute atomic E-state index is 12.2. The SMILES string of the molecule is C=C1CNC(=O)CNC(=O)CNC(=O)C2CCCCN12.CCCC.CCCCCC(=O)CC.COC(=O)Cn1cc(C)c2ccccc21. The highest BCUT2D eigenvalue weighted by molar-refractivity contribution is 5.90.